The molecule has 0 spiro atoms. The van der Waals surface area contributed by atoms with Gasteiger partial charge < -0.3 is 14.2 Å². The number of carbonyl (C=O) groups is 2. The summed E-state index contributed by atoms with van der Waals surface area (Å²) in [4.78, 5) is 26.5. The number of amides is 1. The molecule has 150 valence electrons. The van der Waals surface area contributed by atoms with Crippen molar-refractivity contribution >= 4 is 12.1 Å². The fraction of sp³-hybridized carbons (Fsp3) is 0.304. The average molecular weight is 393 g/mol. The number of methoxy groups -OCH3 is 1. The van der Waals surface area contributed by atoms with Gasteiger partial charge >= 0.3 is 12.1 Å². The van der Waals surface area contributed by atoms with Gasteiger partial charge in [0.1, 0.15) is 6.10 Å². The van der Waals surface area contributed by atoms with Crippen molar-refractivity contribution in [2.24, 2.45) is 0 Å². The second kappa shape index (κ2) is 7.99. The summed E-state index contributed by atoms with van der Waals surface area (Å²) in [6.45, 7) is 1.93. The molecular formula is C23H23NO5. The van der Waals surface area contributed by atoms with Gasteiger partial charge in [0.15, 0.2) is 6.23 Å². The van der Waals surface area contributed by atoms with Crippen LogP contribution in [0.3, 0.4) is 0 Å². The number of cyclic esters (lactones) is 1. The summed E-state index contributed by atoms with van der Waals surface area (Å²) < 4.78 is 16.4. The molecular weight excluding hydrogens is 370 g/mol. The number of nitrogens with zero attached hydrogens (tertiary/aromatic N) is 1. The second-order valence-corrected chi connectivity index (χ2v) is 7.21. The average Bonchev–Trinajstić information content (AvgIpc) is 3.08. The molecule has 0 aromatic heterocycles. The first kappa shape index (κ1) is 19.1. The van der Waals surface area contributed by atoms with Crippen LogP contribution in [0.25, 0.3) is 0 Å². The van der Waals surface area contributed by atoms with E-state index >= 15 is 0 Å². The highest BCUT2D eigenvalue weighted by Gasteiger charge is 2.46. The van der Waals surface area contributed by atoms with Gasteiger partial charge in [0, 0.05) is 12.3 Å². The molecule has 29 heavy (non-hydrogen) atoms. The summed E-state index contributed by atoms with van der Waals surface area (Å²) in [5.41, 5.74) is 1.97. The SMILES string of the molecule is COC(=O)C1=C[C@@H](c2ccccc2)C[C@@H](N2C(=O)O[C@H](c3ccccc3)[C@@H]2C)O1. The zero-order valence-electron chi connectivity index (χ0n) is 16.4. The lowest BCUT2D eigenvalue weighted by Gasteiger charge is -2.35. The third kappa shape index (κ3) is 3.70. The fourth-order valence-electron chi connectivity index (χ4n) is 3.97. The first-order chi connectivity index (χ1) is 14.1. The molecule has 0 saturated carbocycles. The molecule has 0 bridgehead atoms. The molecule has 0 unspecified atom stereocenters. The van der Waals surface area contributed by atoms with E-state index in [9.17, 15) is 9.59 Å². The molecule has 1 saturated heterocycles. The largest absolute Gasteiger partial charge is 0.463 e. The molecule has 6 nitrogen and oxygen atoms in total. The highest BCUT2D eigenvalue weighted by molar-refractivity contribution is 5.86. The predicted molar refractivity (Wildman–Crippen MR) is 106 cm³/mol. The number of allylic oxidation sites excluding steroid dienone is 1. The maximum Gasteiger partial charge on any atom is 0.413 e. The minimum Gasteiger partial charge on any atom is -0.463 e. The lowest BCUT2D eigenvalue weighted by molar-refractivity contribution is -0.144. The van der Waals surface area contributed by atoms with E-state index < -0.39 is 24.4 Å². The number of hydrogen-bond donors (Lipinski definition) is 0. The van der Waals surface area contributed by atoms with Gasteiger partial charge in [-0.05, 0) is 24.1 Å². The van der Waals surface area contributed by atoms with Crippen LogP contribution in [0, 0.1) is 0 Å². The molecule has 0 radical (unpaired) electrons. The van der Waals surface area contributed by atoms with Gasteiger partial charge in [0.25, 0.3) is 0 Å². The van der Waals surface area contributed by atoms with Crippen LogP contribution >= 0.6 is 0 Å². The summed E-state index contributed by atoms with van der Waals surface area (Å²) in [5.74, 6) is -0.531. The third-order valence-electron chi connectivity index (χ3n) is 5.44. The van der Waals surface area contributed by atoms with Gasteiger partial charge in [-0.25, -0.2) is 9.59 Å². The van der Waals surface area contributed by atoms with E-state index in [2.05, 4.69) is 0 Å². The maximum absolute atomic E-state index is 12.7. The predicted octanol–water partition coefficient (Wildman–Crippen LogP) is 4.16. The van der Waals surface area contributed by atoms with E-state index in [1.54, 1.807) is 11.0 Å². The van der Waals surface area contributed by atoms with Crippen LogP contribution in [0.5, 0.6) is 0 Å². The highest BCUT2D eigenvalue weighted by atomic mass is 16.6. The van der Waals surface area contributed by atoms with Crippen molar-refractivity contribution in [3.8, 4) is 0 Å². The van der Waals surface area contributed by atoms with Crippen LogP contribution in [0.15, 0.2) is 72.5 Å². The molecule has 1 amide bonds. The smallest absolute Gasteiger partial charge is 0.413 e. The van der Waals surface area contributed by atoms with Crippen LogP contribution < -0.4 is 0 Å². The quantitative estimate of drug-likeness (QED) is 0.730. The van der Waals surface area contributed by atoms with E-state index in [1.807, 2.05) is 67.6 Å². The van der Waals surface area contributed by atoms with Crippen molar-refractivity contribution in [3.63, 3.8) is 0 Å². The molecule has 6 heteroatoms. The summed E-state index contributed by atoms with van der Waals surface area (Å²) in [6.07, 6.45) is 0.809. The minimum absolute atomic E-state index is 0.0835. The van der Waals surface area contributed by atoms with Gasteiger partial charge in [-0.2, -0.15) is 0 Å². The van der Waals surface area contributed by atoms with Crippen molar-refractivity contribution in [2.75, 3.05) is 7.11 Å². The van der Waals surface area contributed by atoms with Gasteiger partial charge in [-0.1, -0.05) is 60.7 Å². The van der Waals surface area contributed by atoms with Gasteiger partial charge in [0.2, 0.25) is 5.76 Å². The summed E-state index contributed by atoms with van der Waals surface area (Å²) in [6, 6.07) is 19.2. The second-order valence-electron chi connectivity index (χ2n) is 7.21. The van der Waals surface area contributed by atoms with E-state index in [1.165, 1.54) is 7.11 Å². The van der Waals surface area contributed by atoms with Crippen molar-refractivity contribution in [1.82, 2.24) is 4.90 Å². The summed E-state index contributed by atoms with van der Waals surface area (Å²) in [7, 11) is 1.31. The van der Waals surface area contributed by atoms with Gasteiger partial charge in [-0.3, -0.25) is 4.90 Å². The standard InChI is InChI=1S/C23H23NO5/c1-15-21(17-11-7-4-8-12-17)29-23(26)24(15)20-14-18(16-9-5-3-6-10-16)13-19(28-20)22(25)27-2/h3-13,15,18,20-21H,14H2,1-2H3/t15-,18+,20-,21-/m0/s1. The van der Waals surface area contributed by atoms with E-state index in [4.69, 9.17) is 14.2 Å². The molecule has 2 heterocycles. The molecule has 2 aromatic carbocycles. The third-order valence-corrected chi connectivity index (χ3v) is 5.44. The highest BCUT2D eigenvalue weighted by Crippen LogP contribution is 2.39. The Balaban J connectivity index is 1.63. The Labute approximate surface area is 169 Å². The molecule has 4 atom stereocenters. The van der Waals surface area contributed by atoms with Crippen LogP contribution in [0.1, 0.15) is 36.5 Å². The number of ether oxygens (including phenoxy) is 3. The lowest BCUT2D eigenvalue weighted by Crippen LogP contribution is -2.45. The van der Waals surface area contributed by atoms with E-state index in [0.29, 0.717) is 6.42 Å². The Hall–Kier alpha value is -3.28. The van der Waals surface area contributed by atoms with Gasteiger partial charge in [-0.15, -0.1) is 0 Å². The first-order valence-electron chi connectivity index (χ1n) is 9.64. The topological polar surface area (TPSA) is 65.1 Å². The summed E-state index contributed by atoms with van der Waals surface area (Å²) in [5, 5.41) is 0. The Bertz CT molecular complexity index is 911. The van der Waals surface area contributed by atoms with Crippen LogP contribution in [-0.2, 0) is 19.0 Å². The van der Waals surface area contributed by atoms with Crippen molar-refractivity contribution in [3.05, 3.63) is 83.6 Å². The van der Waals surface area contributed by atoms with Crippen molar-refractivity contribution in [2.45, 2.75) is 37.6 Å². The van der Waals surface area contributed by atoms with Crippen LogP contribution in [0.4, 0.5) is 4.79 Å². The Morgan fingerprint density at radius 2 is 1.62 bits per heavy atom. The van der Waals surface area contributed by atoms with E-state index in [0.717, 1.165) is 11.1 Å². The van der Waals surface area contributed by atoms with Gasteiger partial charge in [0.05, 0.1) is 13.2 Å². The fourth-order valence-corrected chi connectivity index (χ4v) is 3.97. The lowest BCUT2D eigenvalue weighted by atomic mass is 9.91. The van der Waals surface area contributed by atoms with Crippen LogP contribution in [-0.4, -0.2) is 36.3 Å². The van der Waals surface area contributed by atoms with Crippen molar-refractivity contribution < 1.29 is 23.8 Å². The zero-order valence-corrected chi connectivity index (χ0v) is 16.4. The van der Waals surface area contributed by atoms with Crippen molar-refractivity contribution in [1.29, 1.82) is 0 Å². The number of rotatable bonds is 4. The molecule has 0 aliphatic carbocycles. The monoisotopic (exact) mass is 393 g/mol. The number of esters is 1. The summed E-state index contributed by atoms with van der Waals surface area (Å²) >= 11 is 0. The maximum atomic E-state index is 12.7. The number of carbonyl (C=O) groups excluding carboxylic acids is 2. The minimum atomic E-state index is -0.629. The normalized spacial score (nSPS) is 26.3. The number of benzene rings is 2. The van der Waals surface area contributed by atoms with E-state index in [-0.39, 0.29) is 17.7 Å². The Morgan fingerprint density at radius 3 is 2.24 bits per heavy atom. The molecule has 2 aliphatic heterocycles. The number of hydrogen-bond acceptors (Lipinski definition) is 5. The first-order valence-corrected chi connectivity index (χ1v) is 9.64. The molecule has 2 aliphatic rings. The Morgan fingerprint density at radius 1 is 1.00 bits per heavy atom. The Kier molecular flexibility index (Phi) is 5.25. The van der Waals surface area contributed by atoms with Crippen LogP contribution in [0.2, 0.25) is 0 Å². The zero-order chi connectivity index (χ0) is 20.4. The molecule has 1 fully saturated rings. The molecule has 0 N–H and O–H groups in total. The molecule has 4 rings (SSSR count). The molecule has 2 aromatic rings.